The molecule has 0 saturated heterocycles. The minimum absolute atomic E-state index is 0.108. The zero-order valence-electron chi connectivity index (χ0n) is 13.8. The lowest BCUT2D eigenvalue weighted by molar-refractivity contribution is 0.105. The summed E-state index contributed by atoms with van der Waals surface area (Å²) in [6.45, 7) is 2.80. The van der Waals surface area contributed by atoms with Crippen LogP contribution in [0, 0.1) is 5.82 Å². The van der Waals surface area contributed by atoms with Gasteiger partial charge in [0.1, 0.15) is 5.82 Å². The van der Waals surface area contributed by atoms with Crippen LogP contribution in [0.2, 0.25) is 5.02 Å². The van der Waals surface area contributed by atoms with Crippen LogP contribution in [0.5, 0.6) is 0 Å². The van der Waals surface area contributed by atoms with Gasteiger partial charge in [-0.05, 0) is 49.0 Å². The molecule has 6 heteroatoms. The van der Waals surface area contributed by atoms with Crippen molar-refractivity contribution in [1.82, 2.24) is 9.88 Å². The van der Waals surface area contributed by atoms with Crippen LogP contribution < -0.4 is 5.32 Å². The van der Waals surface area contributed by atoms with Gasteiger partial charge < -0.3 is 10.4 Å². The first-order valence-electron chi connectivity index (χ1n) is 8.03. The third-order valence-electron chi connectivity index (χ3n) is 4.07. The predicted octanol–water partition coefficient (Wildman–Crippen LogP) is 4.54. The van der Waals surface area contributed by atoms with Gasteiger partial charge in [-0.25, -0.2) is 4.39 Å². The van der Waals surface area contributed by atoms with E-state index in [0.29, 0.717) is 23.7 Å². The molecular formula is C19H19ClFN3O. The van der Waals surface area contributed by atoms with E-state index in [1.807, 2.05) is 25.1 Å². The van der Waals surface area contributed by atoms with Gasteiger partial charge in [0, 0.05) is 40.1 Å². The van der Waals surface area contributed by atoms with Gasteiger partial charge in [-0.2, -0.15) is 0 Å². The molecule has 0 aliphatic carbocycles. The quantitative estimate of drug-likeness (QED) is 0.634. The van der Waals surface area contributed by atoms with Gasteiger partial charge in [-0.1, -0.05) is 18.5 Å². The van der Waals surface area contributed by atoms with E-state index in [0.717, 1.165) is 22.3 Å². The molecule has 2 aromatic carbocycles. The molecular weight excluding hydrogens is 341 g/mol. The third-order valence-corrected chi connectivity index (χ3v) is 4.31. The summed E-state index contributed by atoms with van der Waals surface area (Å²) in [4.78, 5) is 6.06. The molecule has 0 saturated carbocycles. The number of benzene rings is 2. The molecule has 1 aromatic heterocycles. The largest absolute Gasteiger partial charge is 0.381 e. The number of halogens is 2. The van der Waals surface area contributed by atoms with Gasteiger partial charge in [0.05, 0.1) is 12.2 Å². The average molecular weight is 360 g/mol. The Balaban J connectivity index is 1.91. The summed E-state index contributed by atoms with van der Waals surface area (Å²) in [6.07, 6.45) is 1.70. The van der Waals surface area contributed by atoms with Crippen LogP contribution in [0.15, 0.2) is 48.7 Å². The van der Waals surface area contributed by atoms with Gasteiger partial charge in [0.15, 0.2) is 0 Å². The maximum Gasteiger partial charge on any atom is 0.127 e. The van der Waals surface area contributed by atoms with E-state index >= 15 is 0 Å². The molecule has 3 aromatic rings. The van der Waals surface area contributed by atoms with Gasteiger partial charge in [0.25, 0.3) is 0 Å². The monoisotopic (exact) mass is 359 g/mol. The minimum Gasteiger partial charge on any atom is -0.381 e. The Bertz CT molecular complexity index is 884. The summed E-state index contributed by atoms with van der Waals surface area (Å²) < 4.78 is 14.1. The topological polar surface area (TPSA) is 48.4 Å². The molecule has 0 aliphatic rings. The number of hydrogen-bond acceptors (Lipinski definition) is 4. The van der Waals surface area contributed by atoms with E-state index in [1.54, 1.807) is 29.3 Å². The Kier molecular flexibility index (Phi) is 5.48. The first-order chi connectivity index (χ1) is 12.1. The molecule has 2 N–H and O–H groups in total. The lowest BCUT2D eigenvalue weighted by Crippen LogP contribution is -2.24. The number of fused-ring (bicyclic) bond motifs is 1. The fourth-order valence-corrected chi connectivity index (χ4v) is 2.83. The second-order valence-electron chi connectivity index (χ2n) is 5.74. The van der Waals surface area contributed by atoms with Crippen molar-refractivity contribution in [3.8, 4) is 0 Å². The van der Waals surface area contributed by atoms with E-state index in [4.69, 9.17) is 11.6 Å². The number of pyridine rings is 1. The summed E-state index contributed by atoms with van der Waals surface area (Å²) >= 11 is 6.02. The molecule has 0 unspecified atom stereocenters. The van der Waals surface area contributed by atoms with Crippen LogP contribution in [-0.2, 0) is 6.54 Å². The van der Waals surface area contributed by atoms with E-state index in [1.165, 1.54) is 6.07 Å². The van der Waals surface area contributed by atoms with Gasteiger partial charge in [-0.15, -0.1) is 0 Å². The normalized spacial score (nSPS) is 11.2. The van der Waals surface area contributed by atoms with E-state index in [2.05, 4.69) is 10.3 Å². The van der Waals surface area contributed by atoms with Crippen molar-refractivity contribution < 1.29 is 9.50 Å². The second kappa shape index (κ2) is 7.78. The lowest BCUT2D eigenvalue weighted by Gasteiger charge is -2.18. The van der Waals surface area contributed by atoms with Crippen molar-refractivity contribution in [3.05, 3.63) is 65.1 Å². The number of aromatic nitrogens is 1. The number of hydrogen-bond donors (Lipinski definition) is 2. The Hall–Kier alpha value is -2.21. The molecule has 0 aliphatic heterocycles. The second-order valence-corrected chi connectivity index (χ2v) is 6.17. The fourth-order valence-electron chi connectivity index (χ4n) is 2.66. The summed E-state index contributed by atoms with van der Waals surface area (Å²) in [5.74, 6) is -0.288. The van der Waals surface area contributed by atoms with Crippen molar-refractivity contribution in [2.75, 3.05) is 18.6 Å². The van der Waals surface area contributed by atoms with Crippen LogP contribution in [0.1, 0.15) is 12.5 Å². The molecule has 0 radical (unpaired) electrons. The highest BCUT2D eigenvalue weighted by molar-refractivity contribution is 6.31. The standard InChI is InChI=1S/C19H19ClFN3O/c1-2-24(12-25)11-13-9-15(4-6-17(13)21)23-18-7-8-22-19-10-14(20)3-5-16(18)19/h3-10,25H,2,11-12H2,1H3,(H,22,23). The summed E-state index contributed by atoms with van der Waals surface area (Å²) in [5.41, 5.74) is 2.96. The van der Waals surface area contributed by atoms with Crippen LogP contribution in [-0.4, -0.2) is 28.3 Å². The summed E-state index contributed by atoms with van der Waals surface area (Å²) in [5, 5.41) is 14.2. The molecule has 0 bridgehead atoms. The summed E-state index contributed by atoms with van der Waals surface area (Å²) in [7, 11) is 0. The predicted molar refractivity (Wildman–Crippen MR) is 99.6 cm³/mol. The lowest BCUT2D eigenvalue weighted by atomic mass is 10.1. The average Bonchev–Trinajstić information content (AvgIpc) is 2.62. The SMILES string of the molecule is CCN(CO)Cc1cc(Nc2ccnc3cc(Cl)ccc23)ccc1F. The van der Waals surface area contributed by atoms with Crippen molar-refractivity contribution in [3.63, 3.8) is 0 Å². The number of anilines is 2. The molecule has 0 fully saturated rings. The highest BCUT2D eigenvalue weighted by Crippen LogP contribution is 2.28. The number of aliphatic hydroxyl groups is 1. The highest BCUT2D eigenvalue weighted by Gasteiger charge is 2.09. The Labute approximate surface area is 150 Å². The Morgan fingerprint density at radius 2 is 2.04 bits per heavy atom. The van der Waals surface area contributed by atoms with E-state index < -0.39 is 0 Å². The Morgan fingerprint density at radius 3 is 2.80 bits per heavy atom. The van der Waals surface area contributed by atoms with Crippen LogP contribution in [0.25, 0.3) is 10.9 Å². The van der Waals surface area contributed by atoms with Crippen molar-refractivity contribution in [1.29, 1.82) is 0 Å². The van der Waals surface area contributed by atoms with Crippen LogP contribution in [0.3, 0.4) is 0 Å². The summed E-state index contributed by atoms with van der Waals surface area (Å²) in [6, 6.07) is 12.3. The van der Waals surface area contributed by atoms with Gasteiger partial charge in [-0.3, -0.25) is 9.88 Å². The smallest absolute Gasteiger partial charge is 0.127 e. The van der Waals surface area contributed by atoms with Crippen molar-refractivity contribution >= 4 is 33.9 Å². The first kappa shape index (κ1) is 17.6. The zero-order valence-corrected chi connectivity index (χ0v) is 14.6. The number of nitrogens with one attached hydrogen (secondary N) is 1. The molecule has 0 spiro atoms. The first-order valence-corrected chi connectivity index (χ1v) is 8.41. The maximum atomic E-state index is 14.1. The maximum absolute atomic E-state index is 14.1. The zero-order chi connectivity index (χ0) is 17.8. The molecule has 4 nitrogen and oxygen atoms in total. The van der Waals surface area contributed by atoms with Crippen molar-refractivity contribution in [2.45, 2.75) is 13.5 Å². The van der Waals surface area contributed by atoms with Gasteiger partial charge in [0.2, 0.25) is 0 Å². The van der Waals surface area contributed by atoms with Crippen molar-refractivity contribution in [2.24, 2.45) is 0 Å². The Morgan fingerprint density at radius 1 is 1.20 bits per heavy atom. The number of nitrogens with zero attached hydrogens (tertiary/aromatic N) is 2. The number of rotatable bonds is 6. The van der Waals surface area contributed by atoms with Crippen LogP contribution in [0.4, 0.5) is 15.8 Å². The highest BCUT2D eigenvalue weighted by atomic mass is 35.5. The molecule has 130 valence electrons. The fraction of sp³-hybridized carbons (Fsp3) is 0.211. The molecule has 0 atom stereocenters. The third kappa shape index (κ3) is 4.07. The van der Waals surface area contributed by atoms with Gasteiger partial charge >= 0.3 is 0 Å². The molecule has 25 heavy (non-hydrogen) atoms. The molecule has 0 amide bonds. The van der Waals surface area contributed by atoms with E-state index in [-0.39, 0.29) is 12.5 Å². The minimum atomic E-state index is -0.288. The molecule has 3 rings (SSSR count). The number of aliphatic hydroxyl groups excluding tert-OH is 1. The molecule has 1 heterocycles. The van der Waals surface area contributed by atoms with E-state index in [9.17, 15) is 9.50 Å². The van der Waals surface area contributed by atoms with Crippen LogP contribution >= 0.6 is 11.6 Å².